The summed E-state index contributed by atoms with van der Waals surface area (Å²) in [6.07, 6.45) is 3.44. The third kappa shape index (κ3) is 2.38. The molecule has 0 amide bonds. The van der Waals surface area contributed by atoms with Gasteiger partial charge < -0.3 is 16.0 Å². The molecule has 0 atom stereocenters. The van der Waals surface area contributed by atoms with Crippen LogP contribution in [0.25, 0.3) is 0 Å². The van der Waals surface area contributed by atoms with Crippen molar-refractivity contribution >= 4 is 23.1 Å². The molecule has 0 unspecified atom stereocenters. The van der Waals surface area contributed by atoms with Gasteiger partial charge in [-0.3, -0.25) is 0 Å². The Kier molecular flexibility index (Phi) is 2.73. The number of rotatable bonds is 3. The number of imidazole rings is 1. The number of nitrogens with two attached hydrogens (primary N) is 1. The van der Waals surface area contributed by atoms with E-state index in [0.717, 1.165) is 5.82 Å². The number of aromatic amines is 1. The van der Waals surface area contributed by atoms with Gasteiger partial charge in [-0.1, -0.05) is 11.6 Å². The molecule has 0 saturated heterocycles. The van der Waals surface area contributed by atoms with E-state index in [1.54, 1.807) is 24.5 Å². The van der Waals surface area contributed by atoms with Crippen LogP contribution in [0.4, 0.5) is 11.5 Å². The maximum atomic E-state index is 5.75. The Morgan fingerprint density at radius 1 is 1.47 bits per heavy atom. The van der Waals surface area contributed by atoms with Gasteiger partial charge in [0, 0.05) is 12.4 Å². The average Bonchev–Trinajstić information content (AvgIpc) is 2.72. The van der Waals surface area contributed by atoms with E-state index in [1.165, 1.54) is 0 Å². The van der Waals surface area contributed by atoms with Gasteiger partial charge in [-0.25, -0.2) is 9.97 Å². The molecule has 2 aromatic rings. The topological polar surface area (TPSA) is 79.6 Å². The molecule has 2 aromatic heterocycles. The van der Waals surface area contributed by atoms with Crippen LogP contribution in [0.15, 0.2) is 24.5 Å². The van der Waals surface area contributed by atoms with Crippen LogP contribution in [0.5, 0.6) is 0 Å². The van der Waals surface area contributed by atoms with Crippen LogP contribution in [0, 0.1) is 0 Å². The quantitative estimate of drug-likeness (QED) is 0.692. The summed E-state index contributed by atoms with van der Waals surface area (Å²) in [4.78, 5) is 11.1. The van der Waals surface area contributed by atoms with Crippen LogP contribution in [-0.4, -0.2) is 15.0 Å². The Labute approximate surface area is 91.7 Å². The van der Waals surface area contributed by atoms with E-state index in [-0.39, 0.29) is 0 Å². The first-order valence-corrected chi connectivity index (χ1v) is 4.77. The summed E-state index contributed by atoms with van der Waals surface area (Å²) in [5.41, 5.74) is 6.28. The number of anilines is 2. The summed E-state index contributed by atoms with van der Waals surface area (Å²) in [6, 6.07) is 3.36. The van der Waals surface area contributed by atoms with Gasteiger partial charge in [0.25, 0.3) is 0 Å². The number of nitrogens with zero attached hydrogens (tertiary/aromatic N) is 2. The van der Waals surface area contributed by atoms with E-state index in [4.69, 9.17) is 17.3 Å². The minimum absolute atomic E-state index is 0.408. The maximum Gasteiger partial charge on any atom is 0.151 e. The molecule has 5 nitrogen and oxygen atoms in total. The van der Waals surface area contributed by atoms with E-state index in [1.807, 2.05) is 0 Å². The zero-order chi connectivity index (χ0) is 10.7. The Morgan fingerprint density at radius 3 is 3.07 bits per heavy atom. The van der Waals surface area contributed by atoms with Crippen LogP contribution in [-0.2, 0) is 6.54 Å². The van der Waals surface area contributed by atoms with Crippen LogP contribution in [0.1, 0.15) is 5.82 Å². The molecular weight excluding hydrogens is 214 g/mol. The molecule has 15 heavy (non-hydrogen) atoms. The Bertz CT molecular complexity index is 440. The molecule has 0 bridgehead atoms. The molecule has 0 aliphatic heterocycles. The van der Waals surface area contributed by atoms with E-state index < -0.39 is 0 Å². The first-order valence-electron chi connectivity index (χ1n) is 4.40. The number of hydrogen-bond acceptors (Lipinski definition) is 4. The molecule has 2 rings (SSSR count). The number of hydrogen-bond donors (Lipinski definition) is 3. The Balaban J connectivity index is 2.07. The van der Waals surface area contributed by atoms with Crippen molar-refractivity contribution in [2.24, 2.45) is 0 Å². The highest BCUT2D eigenvalue weighted by Crippen LogP contribution is 2.18. The molecule has 0 aromatic carbocycles. The lowest BCUT2D eigenvalue weighted by atomic mass is 10.4. The fraction of sp³-hybridized carbons (Fsp3) is 0.111. The summed E-state index contributed by atoms with van der Waals surface area (Å²) in [5, 5.41) is 3.45. The lowest BCUT2D eigenvalue weighted by Crippen LogP contribution is -2.05. The van der Waals surface area contributed by atoms with E-state index in [0.29, 0.717) is 23.2 Å². The second-order valence-electron chi connectivity index (χ2n) is 2.96. The van der Waals surface area contributed by atoms with Crippen molar-refractivity contribution < 1.29 is 0 Å². The third-order valence-electron chi connectivity index (χ3n) is 1.87. The summed E-state index contributed by atoms with van der Waals surface area (Å²) >= 11 is 5.75. The fourth-order valence-electron chi connectivity index (χ4n) is 1.15. The van der Waals surface area contributed by atoms with Crippen molar-refractivity contribution in [1.29, 1.82) is 0 Å². The monoisotopic (exact) mass is 223 g/mol. The molecule has 0 aliphatic rings. The van der Waals surface area contributed by atoms with Crippen molar-refractivity contribution in [3.05, 3.63) is 35.5 Å². The van der Waals surface area contributed by atoms with Gasteiger partial charge in [-0.2, -0.15) is 0 Å². The summed E-state index contributed by atoms with van der Waals surface area (Å²) < 4.78 is 0. The van der Waals surface area contributed by atoms with E-state index in [2.05, 4.69) is 20.3 Å². The molecule has 2 heterocycles. The number of pyridine rings is 1. The first kappa shape index (κ1) is 9.79. The number of nitrogens with one attached hydrogen (secondary N) is 2. The second kappa shape index (κ2) is 4.18. The SMILES string of the molecule is Nc1ccc(Cl)nc1NCc1ncc[nH]1. The number of halogens is 1. The maximum absolute atomic E-state index is 5.75. The highest BCUT2D eigenvalue weighted by Gasteiger charge is 2.02. The number of aromatic nitrogens is 3. The average molecular weight is 224 g/mol. The van der Waals surface area contributed by atoms with Crippen LogP contribution in [0.2, 0.25) is 5.15 Å². The fourth-order valence-corrected chi connectivity index (χ4v) is 1.30. The molecule has 0 radical (unpaired) electrons. The highest BCUT2D eigenvalue weighted by atomic mass is 35.5. The molecule has 0 fully saturated rings. The summed E-state index contributed by atoms with van der Waals surface area (Å²) in [5.74, 6) is 1.38. The predicted molar refractivity (Wildman–Crippen MR) is 59.6 cm³/mol. The normalized spacial score (nSPS) is 10.2. The van der Waals surface area contributed by atoms with Gasteiger partial charge in [-0.05, 0) is 12.1 Å². The van der Waals surface area contributed by atoms with Crippen molar-refractivity contribution in [2.45, 2.75) is 6.54 Å². The summed E-state index contributed by atoms with van der Waals surface area (Å²) in [7, 11) is 0. The molecule has 4 N–H and O–H groups in total. The van der Waals surface area contributed by atoms with Crippen molar-refractivity contribution in [3.8, 4) is 0 Å². The van der Waals surface area contributed by atoms with Crippen LogP contribution < -0.4 is 11.1 Å². The molecule has 0 aliphatic carbocycles. The largest absolute Gasteiger partial charge is 0.396 e. The molecule has 0 saturated carbocycles. The van der Waals surface area contributed by atoms with Gasteiger partial charge in [0.1, 0.15) is 11.0 Å². The van der Waals surface area contributed by atoms with Gasteiger partial charge in [0.05, 0.1) is 12.2 Å². The standard InChI is InChI=1S/C9H10ClN5/c10-7-2-1-6(11)9(15-7)14-5-8-12-3-4-13-8/h1-4H,5,11H2,(H,12,13)(H,14,15). The van der Waals surface area contributed by atoms with Crippen LogP contribution in [0.3, 0.4) is 0 Å². The highest BCUT2D eigenvalue weighted by molar-refractivity contribution is 6.29. The van der Waals surface area contributed by atoms with Crippen molar-refractivity contribution in [1.82, 2.24) is 15.0 Å². The second-order valence-corrected chi connectivity index (χ2v) is 3.35. The zero-order valence-electron chi connectivity index (χ0n) is 7.87. The van der Waals surface area contributed by atoms with E-state index >= 15 is 0 Å². The van der Waals surface area contributed by atoms with Gasteiger partial charge in [0.15, 0.2) is 5.82 Å². The summed E-state index contributed by atoms with van der Waals surface area (Å²) in [6.45, 7) is 0.532. The molecule has 6 heteroatoms. The molecule has 78 valence electrons. The smallest absolute Gasteiger partial charge is 0.151 e. The van der Waals surface area contributed by atoms with Crippen molar-refractivity contribution in [2.75, 3.05) is 11.1 Å². The van der Waals surface area contributed by atoms with E-state index in [9.17, 15) is 0 Å². The lowest BCUT2D eigenvalue weighted by Gasteiger charge is -2.06. The van der Waals surface area contributed by atoms with Crippen molar-refractivity contribution in [3.63, 3.8) is 0 Å². The lowest BCUT2D eigenvalue weighted by molar-refractivity contribution is 0.989. The minimum Gasteiger partial charge on any atom is -0.396 e. The predicted octanol–water partition coefficient (Wildman–Crippen LogP) is 1.65. The Hall–Kier alpha value is -1.75. The molecular formula is C9H10ClN5. The van der Waals surface area contributed by atoms with Gasteiger partial charge >= 0.3 is 0 Å². The number of nitrogen functional groups attached to an aromatic ring is 1. The van der Waals surface area contributed by atoms with Gasteiger partial charge in [-0.15, -0.1) is 0 Å². The molecule has 0 spiro atoms. The zero-order valence-corrected chi connectivity index (χ0v) is 8.62. The van der Waals surface area contributed by atoms with Gasteiger partial charge in [0.2, 0.25) is 0 Å². The van der Waals surface area contributed by atoms with Crippen LogP contribution >= 0.6 is 11.6 Å². The number of H-pyrrole nitrogens is 1. The minimum atomic E-state index is 0.408. The first-order chi connectivity index (χ1) is 7.25. The Morgan fingerprint density at radius 2 is 2.33 bits per heavy atom. The third-order valence-corrected chi connectivity index (χ3v) is 2.08.